The van der Waals surface area contributed by atoms with E-state index in [1.54, 1.807) is 0 Å². The molecule has 1 N–H and O–H groups in total. The van der Waals surface area contributed by atoms with Gasteiger partial charge in [-0.1, -0.05) is 67.4 Å². The fourth-order valence-electron chi connectivity index (χ4n) is 2.95. The predicted octanol–water partition coefficient (Wildman–Crippen LogP) is 5.22. The molecule has 18 heavy (non-hydrogen) atoms. The molecule has 0 aromatic heterocycles. The van der Waals surface area contributed by atoms with Crippen molar-refractivity contribution in [3.8, 4) is 0 Å². The maximum atomic E-state index is 6.31. The average molecular weight is 286 g/mol. The highest BCUT2D eigenvalue weighted by Gasteiger charge is 2.21. The maximum absolute atomic E-state index is 6.31. The smallest absolute Gasteiger partial charge is 0.0640 e. The second-order valence-corrected chi connectivity index (χ2v) is 6.01. The van der Waals surface area contributed by atoms with Gasteiger partial charge in [-0.25, -0.2) is 0 Å². The lowest BCUT2D eigenvalue weighted by molar-refractivity contribution is 0.306. The summed E-state index contributed by atoms with van der Waals surface area (Å²) in [6.07, 6.45) is 8.04. The van der Waals surface area contributed by atoms with Crippen molar-refractivity contribution >= 4 is 23.2 Å². The van der Waals surface area contributed by atoms with E-state index in [4.69, 9.17) is 23.2 Å². The Kier molecular flexibility index (Phi) is 5.35. The average Bonchev–Trinajstić information content (AvgIpc) is 2.41. The highest BCUT2D eigenvalue weighted by molar-refractivity contribution is 6.42. The molecule has 3 heteroatoms. The standard InChI is InChI=1S/C15H21Cl2N/c1-18-14(10-11-6-3-2-4-7-11)12-8-5-9-13(16)15(12)17/h5,8-9,11,14,18H,2-4,6-7,10H2,1H3. The van der Waals surface area contributed by atoms with E-state index in [0.29, 0.717) is 16.1 Å². The molecule has 1 aliphatic rings. The van der Waals surface area contributed by atoms with Gasteiger partial charge in [-0.15, -0.1) is 0 Å². The van der Waals surface area contributed by atoms with Crippen LogP contribution in [0.4, 0.5) is 0 Å². The Hall–Kier alpha value is -0.240. The molecule has 1 aromatic carbocycles. The maximum Gasteiger partial charge on any atom is 0.0640 e. The topological polar surface area (TPSA) is 12.0 Å². The van der Waals surface area contributed by atoms with Crippen LogP contribution >= 0.6 is 23.2 Å². The van der Waals surface area contributed by atoms with Gasteiger partial charge in [-0.2, -0.15) is 0 Å². The van der Waals surface area contributed by atoms with Gasteiger partial charge >= 0.3 is 0 Å². The van der Waals surface area contributed by atoms with Gasteiger partial charge in [-0.05, 0) is 31.0 Å². The van der Waals surface area contributed by atoms with E-state index in [1.165, 1.54) is 32.1 Å². The molecule has 2 rings (SSSR count). The van der Waals surface area contributed by atoms with Crippen molar-refractivity contribution in [1.82, 2.24) is 5.32 Å². The van der Waals surface area contributed by atoms with Gasteiger partial charge in [0.05, 0.1) is 10.0 Å². The number of benzene rings is 1. The fraction of sp³-hybridized carbons (Fsp3) is 0.600. The summed E-state index contributed by atoms with van der Waals surface area (Å²) < 4.78 is 0. The molecule has 1 aromatic rings. The molecule has 1 fully saturated rings. The van der Waals surface area contributed by atoms with E-state index in [-0.39, 0.29) is 0 Å². The van der Waals surface area contributed by atoms with Gasteiger partial charge in [0.2, 0.25) is 0 Å². The molecule has 0 bridgehead atoms. The highest BCUT2D eigenvalue weighted by atomic mass is 35.5. The summed E-state index contributed by atoms with van der Waals surface area (Å²) in [6, 6.07) is 6.23. The van der Waals surface area contributed by atoms with Gasteiger partial charge in [-0.3, -0.25) is 0 Å². The molecule has 100 valence electrons. The lowest BCUT2D eigenvalue weighted by Gasteiger charge is -2.27. The number of halogens is 2. The van der Waals surface area contributed by atoms with E-state index in [1.807, 2.05) is 19.2 Å². The summed E-state index contributed by atoms with van der Waals surface area (Å²) >= 11 is 12.4. The second kappa shape index (κ2) is 6.79. The van der Waals surface area contributed by atoms with E-state index < -0.39 is 0 Å². The third-order valence-corrected chi connectivity index (χ3v) is 4.83. The summed E-state index contributed by atoms with van der Waals surface area (Å²) in [4.78, 5) is 0. The highest BCUT2D eigenvalue weighted by Crippen LogP contribution is 2.36. The summed E-state index contributed by atoms with van der Waals surface area (Å²) in [5.74, 6) is 0.825. The largest absolute Gasteiger partial charge is 0.313 e. The second-order valence-electron chi connectivity index (χ2n) is 5.22. The van der Waals surface area contributed by atoms with Gasteiger partial charge in [0, 0.05) is 6.04 Å². The molecule has 0 aliphatic heterocycles. The van der Waals surface area contributed by atoms with E-state index >= 15 is 0 Å². The van der Waals surface area contributed by atoms with Crippen molar-refractivity contribution in [3.05, 3.63) is 33.8 Å². The Morgan fingerprint density at radius 1 is 1.22 bits per heavy atom. The van der Waals surface area contributed by atoms with Crippen molar-refractivity contribution in [3.63, 3.8) is 0 Å². The van der Waals surface area contributed by atoms with Crippen LogP contribution < -0.4 is 5.32 Å². The zero-order valence-corrected chi connectivity index (χ0v) is 12.4. The van der Waals surface area contributed by atoms with Crippen LogP contribution in [0.25, 0.3) is 0 Å². The van der Waals surface area contributed by atoms with Crippen molar-refractivity contribution in [1.29, 1.82) is 0 Å². The Morgan fingerprint density at radius 2 is 1.94 bits per heavy atom. The molecule has 1 atom stereocenters. The molecule has 0 saturated heterocycles. The zero-order chi connectivity index (χ0) is 13.0. The molecule has 1 nitrogen and oxygen atoms in total. The number of nitrogens with one attached hydrogen (secondary N) is 1. The molecule has 1 unspecified atom stereocenters. The summed E-state index contributed by atoms with van der Waals surface area (Å²) in [6.45, 7) is 0. The van der Waals surface area contributed by atoms with Crippen LogP contribution in [0, 0.1) is 5.92 Å². The summed E-state index contributed by atoms with van der Waals surface area (Å²) in [5, 5.41) is 4.74. The van der Waals surface area contributed by atoms with Crippen molar-refractivity contribution in [2.75, 3.05) is 7.05 Å². The molecule has 0 radical (unpaired) electrons. The van der Waals surface area contributed by atoms with Crippen molar-refractivity contribution in [2.45, 2.75) is 44.6 Å². The SMILES string of the molecule is CNC(CC1CCCCC1)c1cccc(Cl)c1Cl. The van der Waals surface area contributed by atoms with Crippen LogP contribution in [-0.4, -0.2) is 7.05 Å². The van der Waals surface area contributed by atoms with Crippen LogP contribution in [-0.2, 0) is 0 Å². The molecule has 1 saturated carbocycles. The van der Waals surface area contributed by atoms with E-state index in [9.17, 15) is 0 Å². The van der Waals surface area contributed by atoms with Gasteiger partial charge < -0.3 is 5.32 Å². The Morgan fingerprint density at radius 3 is 2.61 bits per heavy atom. The first kappa shape index (κ1) is 14.2. The van der Waals surface area contributed by atoms with Crippen LogP contribution in [0.3, 0.4) is 0 Å². The van der Waals surface area contributed by atoms with Gasteiger partial charge in [0.1, 0.15) is 0 Å². The molecular weight excluding hydrogens is 265 g/mol. The number of hydrogen-bond acceptors (Lipinski definition) is 1. The minimum atomic E-state index is 0.319. The first-order valence-electron chi connectivity index (χ1n) is 6.83. The molecule has 0 heterocycles. The van der Waals surface area contributed by atoms with Gasteiger partial charge in [0.15, 0.2) is 0 Å². The van der Waals surface area contributed by atoms with Crippen LogP contribution in [0.1, 0.15) is 50.1 Å². The number of rotatable bonds is 4. The first-order chi connectivity index (χ1) is 8.72. The van der Waals surface area contributed by atoms with Crippen molar-refractivity contribution in [2.24, 2.45) is 5.92 Å². The van der Waals surface area contributed by atoms with Crippen LogP contribution in [0.15, 0.2) is 18.2 Å². The molecule has 0 amide bonds. The Labute approximate surface area is 120 Å². The van der Waals surface area contributed by atoms with Crippen molar-refractivity contribution < 1.29 is 0 Å². The third kappa shape index (κ3) is 3.40. The molecular formula is C15H21Cl2N. The van der Waals surface area contributed by atoms with E-state index in [2.05, 4.69) is 11.4 Å². The lowest BCUT2D eigenvalue weighted by Crippen LogP contribution is -2.21. The number of hydrogen-bond donors (Lipinski definition) is 1. The van der Waals surface area contributed by atoms with Crippen LogP contribution in [0.5, 0.6) is 0 Å². The zero-order valence-electron chi connectivity index (χ0n) is 10.9. The lowest BCUT2D eigenvalue weighted by atomic mass is 9.83. The monoisotopic (exact) mass is 285 g/mol. The fourth-order valence-corrected chi connectivity index (χ4v) is 3.39. The minimum absolute atomic E-state index is 0.319. The predicted molar refractivity (Wildman–Crippen MR) is 79.5 cm³/mol. The molecule has 1 aliphatic carbocycles. The Balaban J connectivity index is 2.09. The normalized spacial score (nSPS) is 18.8. The van der Waals surface area contributed by atoms with Crippen LogP contribution in [0.2, 0.25) is 10.0 Å². The Bertz CT molecular complexity index is 386. The first-order valence-corrected chi connectivity index (χ1v) is 7.59. The quantitative estimate of drug-likeness (QED) is 0.799. The van der Waals surface area contributed by atoms with E-state index in [0.717, 1.165) is 17.9 Å². The summed E-state index contributed by atoms with van der Waals surface area (Å²) in [5.41, 5.74) is 1.14. The third-order valence-electron chi connectivity index (χ3n) is 4.00. The minimum Gasteiger partial charge on any atom is -0.313 e. The van der Waals surface area contributed by atoms with Gasteiger partial charge in [0.25, 0.3) is 0 Å². The molecule has 0 spiro atoms. The summed E-state index contributed by atoms with van der Waals surface area (Å²) in [7, 11) is 2.00.